The van der Waals surface area contributed by atoms with Gasteiger partial charge in [0, 0.05) is 12.1 Å². The summed E-state index contributed by atoms with van der Waals surface area (Å²) in [5.74, 6) is -2.37. The molecule has 3 aromatic rings. The molecule has 0 fully saturated rings. The normalized spacial score (nSPS) is 12.8. The van der Waals surface area contributed by atoms with Gasteiger partial charge in [-0.1, -0.05) is 29.8 Å². The van der Waals surface area contributed by atoms with Crippen LogP contribution in [-0.2, 0) is 28.9 Å². The Morgan fingerprint density at radius 1 is 1.09 bits per heavy atom. The Balaban J connectivity index is 0.000000350. The van der Waals surface area contributed by atoms with Gasteiger partial charge in [0.05, 0.1) is 29.2 Å². The second-order valence-electron chi connectivity index (χ2n) is 8.07. The summed E-state index contributed by atoms with van der Waals surface area (Å²) in [7, 11) is 0. The van der Waals surface area contributed by atoms with Crippen molar-refractivity contribution in [3.63, 3.8) is 0 Å². The summed E-state index contributed by atoms with van der Waals surface area (Å²) < 4.78 is 15.4. The van der Waals surface area contributed by atoms with E-state index in [2.05, 4.69) is 17.4 Å². The highest BCUT2D eigenvalue weighted by molar-refractivity contribution is 6.32. The van der Waals surface area contributed by atoms with Crippen LogP contribution in [0, 0.1) is 12.7 Å². The first-order chi connectivity index (χ1) is 16.2. The van der Waals surface area contributed by atoms with E-state index < -0.39 is 11.9 Å². The second-order valence-corrected chi connectivity index (χ2v) is 8.47. The summed E-state index contributed by atoms with van der Waals surface area (Å²) >= 11 is 6.58. The molecular formula is C25H27ClFN3O4. The first kappa shape index (κ1) is 25.4. The molecule has 1 aromatic heterocycles. The molecule has 0 saturated heterocycles. The first-order valence-electron chi connectivity index (χ1n) is 11.0. The number of aryl methyl sites for hydroxylation is 1. The van der Waals surface area contributed by atoms with Gasteiger partial charge in [-0.15, -0.1) is 0 Å². The molecule has 34 heavy (non-hydrogen) atoms. The lowest BCUT2D eigenvalue weighted by molar-refractivity contribution is -0.143. The molecule has 2 heterocycles. The Morgan fingerprint density at radius 2 is 1.79 bits per heavy atom. The maximum atomic E-state index is 13.5. The van der Waals surface area contributed by atoms with Gasteiger partial charge < -0.3 is 15.5 Å². The molecule has 180 valence electrons. The predicted molar refractivity (Wildman–Crippen MR) is 127 cm³/mol. The molecule has 9 heteroatoms. The van der Waals surface area contributed by atoms with Crippen molar-refractivity contribution in [2.45, 2.75) is 39.0 Å². The quantitative estimate of drug-likeness (QED) is 0.481. The van der Waals surface area contributed by atoms with E-state index in [9.17, 15) is 14.0 Å². The monoisotopic (exact) mass is 487 g/mol. The van der Waals surface area contributed by atoms with E-state index in [-0.39, 0.29) is 18.7 Å². The number of hydrogen-bond donors (Lipinski definition) is 3. The summed E-state index contributed by atoms with van der Waals surface area (Å²) in [4.78, 5) is 19.3. The number of carboxylic acids is 2. The summed E-state index contributed by atoms with van der Waals surface area (Å²) in [6.45, 7) is 3.96. The first-order valence-corrected chi connectivity index (χ1v) is 11.4. The van der Waals surface area contributed by atoms with Gasteiger partial charge in [0.1, 0.15) is 5.82 Å². The van der Waals surface area contributed by atoms with Crippen molar-refractivity contribution in [2.75, 3.05) is 13.1 Å². The average molecular weight is 488 g/mol. The Labute approximate surface area is 202 Å². The van der Waals surface area contributed by atoms with Crippen molar-refractivity contribution in [1.82, 2.24) is 15.1 Å². The topological polar surface area (TPSA) is 104 Å². The molecule has 0 aliphatic carbocycles. The van der Waals surface area contributed by atoms with E-state index in [1.54, 1.807) is 12.1 Å². The molecular weight excluding hydrogens is 461 g/mol. The van der Waals surface area contributed by atoms with Crippen molar-refractivity contribution in [3.05, 3.63) is 81.4 Å². The van der Waals surface area contributed by atoms with Crippen LogP contribution in [0.15, 0.2) is 42.5 Å². The Hall–Kier alpha value is -3.23. The molecule has 1 aliphatic heterocycles. The minimum atomic E-state index is -1.08. The molecule has 0 saturated carbocycles. The summed E-state index contributed by atoms with van der Waals surface area (Å²) in [6.07, 6.45) is 1.93. The Kier molecular flexibility index (Phi) is 8.79. The predicted octanol–water partition coefficient (Wildman–Crippen LogP) is 4.19. The lowest BCUT2D eigenvalue weighted by Gasteiger charge is -2.15. The van der Waals surface area contributed by atoms with Crippen LogP contribution in [0.1, 0.15) is 40.9 Å². The van der Waals surface area contributed by atoms with E-state index >= 15 is 0 Å². The molecule has 4 rings (SSSR count). The number of carbonyl (C=O) groups is 2. The molecule has 0 spiro atoms. The van der Waals surface area contributed by atoms with Crippen molar-refractivity contribution >= 4 is 23.5 Å². The molecule has 0 bridgehead atoms. The van der Waals surface area contributed by atoms with Gasteiger partial charge in [0.2, 0.25) is 0 Å². The van der Waals surface area contributed by atoms with Crippen LogP contribution >= 0.6 is 11.6 Å². The summed E-state index contributed by atoms with van der Waals surface area (Å²) in [5.41, 5.74) is 6.44. The Bertz CT molecular complexity index is 1160. The molecule has 0 unspecified atom stereocenters. The third-order valence-corrected chi connectivity index (χ3v) is 5.74. The largest absolute Gasteiger partial charge is 0.481 e. The standard InChI is InChI=1S/C21H21ClFN3.C4H6O4/c1-14-11-18(13-15-3-2-4-17(23)12-15)25-26(14)21-19-8-10-24-9-7-16(19)5-6-20(21)22;5-3(6)1-2-4(7)8/h2-6,11-12,24H,7-10,13H2,1H3;1-2H2,(H,5,6)(H,7,8). The number of fused-ring (bicyclic) bond motifs is 1. The molecule has 3 N–H and O–H groups in total. The number of aliphatic carboxylic acids is 2. The Morgan fingerprint density at radius 3 is 2.47 bits per heavy atom. The summed E-state index contributed by atoms with van der Waals surface area (Å²) in [6, 6.07) is 12.8. The SMILES string of the molecule is Cc1cc(Cc2cccc(F)c2)nn1-c1c(Cl)ccc2c1CCNCC2.O=C(O)CCC(=O)O. The van der Waals surface area contributed by atoms with E-state index in [1.807, 2.05) is 23.7 Å². The number of hydrogen-bond acceptors (Lipinski definition) is 4. The number of rotatable bonds is 6. The zero-order chi connectivity index (χ0) is 24.7. The van der Waals surface area contributed by atoms with Crippen molar-refractivity contribution < 1.29 is 24.2 Å². The number of benzene rings is 2. The van der Waals surface area contributed by atoms with Crippen LogP contribution in [0.3, 0.4) is 0 Å². The van der Waals surface area contributed by atoms with Crippen molar-refractivity contribution in [3.8, 4) is 5.69 Å². The van der Waals surface area contributed by atoms with Gasteiger partial charge in [0.25, 0.3) is 0 Å². The van der Waals surface area contributed by atoms with Gasteiger partial charge in [0.15, 0.2) is 0 Å². The zero-order valence-electron chi connectivity index (χ0n) is 18.9. The number of aromatic nitrogens is 2. The lowest BCUT2D eigenvalue weighted by Crippen LogP contribution is -2.16. The third-order valence-electron chi connectivity index (χ3n) is 5.43. The fourth-order valence-electron chi connectivity index (χ4n) is 3.87. The minimum absolute atomic E-state index is 0.220. The number of nitrogens with one attached hydrogen (secondary N) is 1. The van der Waals surface area contributed by atoms with Crippen LogP contribution in [0.25, 0.3) is 5.69 Å². The lowest BCUT2D eigenvalue weighted by atomic mass is 10.0. The van der Waals surface area contributed by atoms with E-state index in [4.69, 9.17) is 26.9 Å². The third kappa shape index (κ3) is 6.88. The zero-order valence-corrected chi connectivity index (χ0v) is 19.6. The number of halogens is 2. The molecule has 0 radical (unpaired) electrons. The molecule has 1 aliphatic rings. The van der Waals surface area contributed by atoms with Crippen molar-refractivity contribution in [2.24, 2.45) is 0 Å². The van der Waals surface area contributed by atoms with Crippen LogP contribution in [0.5, 0.6) is 0 Å². The van der Waals surface area contributed by atoms with Crippen LogP contribution in [0.4, 0.5) is 4.39 Å². The summed E-state index contributed by atoms with van der Waals surface area (Å²) in [5, 5.41) is 24.8. The average Bonchev–Trinajstić information content (AvgIpc) is 2.97. The fourth-order valence-corrected chi connectivity index (χ4v) is 4.13. The maximum Gasteiger partial charge on any atom is 0.303 e. The van der Waals surface area contributed by atoms with Gasteiger partial charge in [-0.3, -0.25) is 9.59 Å². The molecule has 2 aromatic carbocycles. The maximum absolute atomic E-state index is 13.5. The van der Waals surface area contributed by atoms with Crippen LogP contribution < -0.4 is 5.32 Å². The van der Waals surface area contributed by atoms with Crippen LogP contribution in [0.2, 0.25) is 5.02 Å². The van der Waals surface area contributed by atoms with Crippen LogP contribution in [-0.4, -0.2) is 45.0 Å². The van der Waals surface area contributed by atoms with Gasteiger partial charge in [-0.05, 0) is 73.8 Å². The highest BCUT2D eigenvalue weighted by atomic mass is 35.5. The minimum Gasteiger partial charge on any atom is -0.481 e. The smallest absolute Gasteiger partial charge is 0.303 e. The van der Waals surface area contributed by atoms with Gasteiger partial charge in [-0.2, -0.15) is 5.10 Å². The van der Waals surface area contributed by atoms with Crippen molar-refractivity contribution in [1.29, 1.82) is 0 Å². The molecule has 0 atom stereocenters. The fraction of sp³-hybridized carbons (Fsp3) is 0.320. The van der Waals surface area contributed by atoms with E-state index in [0.717, 1.165) is 48.6 Å². The van der Waals surface area contributed by atoms with E-state index in [0.29, 0.717) is 11.4 Å². The highest BCUT2D eigenvalue weighted by Gasteiger charge is 2.19. The highest BCUT2D eigenvalue weighted by Crippen LogP contribution is 2.30. The van der Waals surface area contributed by atoms with Gasteiger partial charge in [-0.25, -0.2) is 9.07 Å². The molecule has 7 nitrogen and oxygen atoms in total. The number of nitrogens with zero attached hydrogens (tertiary/aromatic N) is 2. The van der Waals surface area contributed by atoms with E-state index in [1.165, 1.54) is 17.2 Å². The second kappa shape index (κ2) is 11.8. The molecule has 0 amide bonds. The number of carboxylic acid groups (broad SMARTS) is 2. The van der Waals surface area contributed by atoms with Gasteiger partial charge >= 0.3 is 11.9 Å².